The van der Waals surface area contributed by atoms with Crippen molar-refractivity contribution in [1.82, 2.24) is 5.16 Å². The predicted molar refractivity (Wildman–Crippen MR) is 84.2 cm³/mol. The SMILES string of the molecule is Cc1ccc(-c2c(-c3cccc(Br)c3F)noc2N)cc1. The van der Waals surface area contributed by atoms with Crippen LogP contribution in [0.25, 0.3) is 22.4 Å². The molecule has 0 unspecified atom stereocenters. The van der Waals surface area contributed by atoms with Gasteiger partial charge in [0.25, 0.3) is 0 Å². The van der Waals surface area contributed by atoms with Gasteiger partial charge in [-0.1, -0.05) is 41.1 Å². The number of aryl methyl sites for hydroxylation is 1. The van der Waals surface area contributed by atoms with E-state index in [4.69, 9.17) is 10.3 Å². The molecule has 0 saturated carbocycles. The van der Waals surface area contributed by atoms with Gasteiger partial charge in [0.15, 0.2) is 0 Å². The Morgan fingerprint density at radius 2 is 1.86 bits per heavy atom. The number of rotatable bonds is 2. The van der Waals surface area contributed by atoms with Gasteiger partial charge >= 0.3 is 0 Å². The van der Waals surface area contributed by atoms with Crippen LogP contribution in [0.3, 0.4) is 0 Å². The number of nitrogen functional groups attached to an aromatic ring is 1. The minimum Gasteiger partial charge on any atom is -0.367 e. The molecule has 2 aromatic carbocycles. The molecular formula is C16H12BrFN2O. The van der Waals surface area contributed by atoms with Crippen LogP contribution in [0, 0.1) is 12.7 Å². The molecule has 21 heavy (non-hydrogen) atoms. The summed E-state index contributed by atoms with van der Waals surface area (Å²) in [5.41, 5.74) is 9.19. The molecule has 0 spiro atoms. The Balaban J connectivity index is 2.22. The van der Waals surface area contributed by atoms with Crippen molar-refractivity contribution in [3.05, 3.63) is 58.3 Å². The smallest absolute Gasteiger partial charge is 0.230 e. The summed E-state index contributed by atoms with van der Waals surface area (Å²) >= 11 is 3.18. The van der Waals surface area contributed by atoms with Gasteiger partial charge in [0.05, 0.1) is 10.0 Å². The molecular weight excluding hydrogens is 335 g/mol. The molecule has 5 heteroatoms. The highest BCUT2D eigenvalue weighted by molar-refractivity contribution is 9.10. The van der Waals surface area contributed by atoms with Crippen LogP contribution in [-0.2, 0) is 0 Å². The van der Waals surface area contributed by atoms with Crippen molar-refractivity contribution in [2.75, 3.05) is 5.73 Å². The lowest BCUT2D eigenvalue weighted by molar-refractivity contribution is 0.439. The minimum atomic E-state index is -0.390. The van der Waals surface area contributed by atoms with E-state index in [0.717, 1.165) is 11.1 Å². The van der Waals surface area contributed by atoms with Gasteiger partial charge in [0.2, 0.25) is 5.88 Å². The lowest BCUT2D eigenvalue weighted by atomic mass is 10.00. The average Bonchev–Trinajstić information content (AvgIpc) is 2.85. The lowest BCUT2D eigenvalue weighted by Gasteiger charge is -2.05. The summed E-state index contributed by atoms with van der Waals surface area (Å²) in [4.78, 5) is 0. The molecule has 2 N–H and O–H groups in total. The highest BCUT2D eigenvalue weighted by Crippen LogP contribution is 2.38. The van der Waals surface area contributed by atoms with E-state index in [-0.39, 0.29) is 11.7 Å². The van der Waals surface area contributed by atoms with Gasteiger partial charge in [-0.15, -0.1) is 0 Å². The zero-order chi connectivity index (χ0) is 15.0. The topological polar surface area (TPSA) is 52.0 Å². The monoisotopic (exact) mass is 346 g/mol. The van der Waals surface area contributed by atoms with E-state index in [1.54, 1.807) is 18.2 Å². The first-order valence-corrected chi connectivity index (χ1v) is 7.14. The Morgan fingerprint density at radius 1 is 1.14 bits per heavy atom. The average molecular weight is 347 g/mol. The van der Waals surface area contributed by atoms with E-state index < -0.39 is 0 Å². The van der Waals surface area contributed by atoms with E-state index in [1.165, 1.54) is 0 Å². The fourth-order valence-electron chi connectivity index (χ4n) is 2.17. The Morgan fingerprint density at radius 3 is 2.57 bits per heavy atom. The number of halogens is 2. The van der Waals surface area contributed by atoms with E-state index in [9.17, 15) is 4.39 Å². The largest absolute Gasteiger partial charge is 0.367 e. The van der Waals surface area contributed by atoms with Crippen molar-refractivity contribution >= 4 is 21.8 Å². The summed E-state index contributed by atoms with van der Waals surface area (Å²) in [5, 5.41) is 3.93. The summed E-state index contributed by atoms with van der Waals surface area (Å²) in [6.45, 7) is 2.00. The summed E-state index contributed by atoms with van der Waals surface area (Å²) < 4.78 is 19.7. The van der Waals surface area contributed by atoms with Crippen LogP contribution in [-0.4, -0.2) is 5.16 Å². The third kappa shape index (κ3) is 2.45. The Hall–Kier alpha value is -2.14. The lowest BCUT2D eigenvalue weighted by Crippen LogP contribution is -1.91. The molecule has 0 aliphatic heterocycles. The maximum atomic E-state index is 14.3. The van der Waals surface area contributed by atoms with Crippen LogP contribution in [0.5, 0.6) is 0 Å². The molecule has 106 valence electrons. The molecule has 1 aromatic heterocycles. The second-order valence-corrected chi connectivity index (χ2v) is 5.59. The van der Waals surface area contributed by atoms with Gasteiger partial charge in [-0.2, -0.15) is 0 Å². The first kappa shape index (κ1) is 13.8. The normalized spacial score (nSPS) is 10.8. The maximum Gasteiger partial charge on any atom is 0.230 e. The number of hydrogen-bond donors (Lipinski definition) is 1. The number of aromatic nitrogens is 1. The van der Waals surface area contributed by atoms with Crippen LogP contribution < -0.4 is 5.73 Å². The van der Waals surface area contributed by atoms with E-state index in [0.29, 0.717) is 21.3 Å². The molecule has 0 saturated heterocycles. The molecule has 0 aliphatic rings. The predicted octanol–water partition coefficient (Wildman–Crippen LogP) is 4.80. The Labute approximate surface area is 129 Å². The Bertz CT molecular complexity index is 797. The molecule has 0 amide bonds. The first-order chi connectivity index (χ1) is 10.1. The fourth-order valence-corrected chi connectivity index (χ4v) is 2.54. The molecule has 3 rings (SSSR count). The molecule has 3 nitrogen and oxygen atoms in total. The number of nitrogens with zero attached hydrogens (tertiary/aromatic N) is 1. The summed E-state index contributed by atoms with van der Waals surface area (Å²) in [6.07, 6.45) is 0. The van der Waals surface area contributed by atoms with Crippen LogP contribution in [0.15, 0.2) is 51.5 Å². The van der Waals surface area contributed by atoms with Gasteiger partial charge in [-0.05, 0) is 40.5 Å². The van der Waals surface area contributed by atoms with Crippen LogP contribution in [0.4, 0.5) is 10.3 Å². The van der Waals surface area contributed by atoms with Crippen molar-refractivity contribution in [3.8, 4) is 22.4 Å². The molecule has 0 fully saturated rings. The zero-order valence-corrected chi connectivity index (χ0v) is 12.8. The van der Waals surface area contributed by atoms with Gasteiger partial charge < -0.3 is 10.3 Å². The quantitative estimate of drug-likeness (QED) is 0.724. The van der Waals surface area contributed by atoms with E-state index in [1.807, 2.05) is 31.2 Å². The highest BCUT2D eigenvalue weighted by Gasteiger charge is 2.20. The van der Waals surface area contributed by atoms with Crippen molar-refractivity contribution in [1.29, 1.82) is 0 Å². The van der Waals surface area contributed by atoms with Crippen molar-refractivity contribution in [2.24, 2.45) is 0 Å². The second kappa shape index (κ2) is 5.33. The summed E-state index contributed by atoms with van der Waals surface area (Å²) in [6, 6.07) is 12.8. The second-order valence-electron chi connectivity index (χ2n) is 4.74. The molecule has 0 radical (unpaired) electrons. The molecule has 1 heterocycles. The van der Waals surface area contributed by atoms with Gasteiger partial charge in [-0.25, -0.2) is 4.39 Å². The fraction of sp³-hybridized carbons (Fsp3) is 0.0625. The van der Waals surface area contributed by atoms with Crippen molar-refractivity contribution in [2.45, 2.75) is 6.92 Å². The maximum absolute atomic E-state index is 14.3. The molecule has 0 aliphatic carbocycles. The third-order valence-corrected chi connectivity index (χ3v) is 3.88. The van der Waals surface area contributed by atoms with E-state index in [2.05, 4.69) is 21.1 Å². The van der Waals surface area contributed by atoms with Gasteiger partial charge in [-0.3, -0.25) is 0 Å². The molecule has 0 bridgehead atoms. The number of hydrogen-bond acceptors (Lipinski definition) is 3. The van der Waals surface area contributed by atoms with Crippen LogP contribution in [0.2, 0.25) is 0 Å². The summed E-state index contributed by atoms with van der Waals surface area (Å²) in [7, 11) is 0. The standard InChI is InChI=1S/C16H12BrFN2O/c1-9-5-7-10(8-6-9)13-15(20-21-16(13)19)11-3-2-4-12(17)14(11)18/h2-8H,19H2,1H3. The van der Waals surface area contributed by atoms with Gasteiger partial charge in [0.1, 0.15) is 11.5 Å². The number of benzene rings is 2. The highest BCUT2D eigenvalue weighted by atomic mass is 79.9. The molecule has 0 atom stereocenters. The van der Waals surface area contributed by atoms with Crippen molar-refractivity contribution in [3.63, 3.8) is 0 Å². The zero-order valence-electron chi connectivity index (χ0n) is 11.2. The summed E-state index contributed by atoms with van der Waals surface area (Å²) in [5.74, 6) is -0.215. The van der Waals surface area contributed by atoms with Gasteiger partial charge in [0, 0.05) is 5.56 Å². The number of nitrogens with two attached hydrogens (primary N) is 1. The van der Waals surface area contributed by atoms with Crippen LogP contribution >= 0.6 is 15.9 Å². The van der Waals surface area contributed by atoms with Crippen molar-refractivity contribution < 1.29 is 8.91 Å². The third-order valence-electron chi connectivity index (χ3n) is 3.27. The minimum absolute atomic E-state index is 0.174. The number of anilines is 1. The Kier molecular flexibility index (Phi) is 3.51. The molecule has 3 aromatic rings. The van der Waals surface area contributed by atoms with Crippen LogP contribution in [0.1, 0.15) is 5.56 Å². The van der Waals surface area contributed by atoms with E-state index >= 15 is 0 Å². The first-order valence-electron chi connectivity index (χ1n) is 6.34.